The van der Waals surface area contributed by atoms with Crippen molar-refractivity contribution in [3.63, 3.8) is 0 Å². The highest BCUT2D eigenvalue weighted by molar-refractivity contribution is 5.54. The summed E-state index contributed by atoms with van der Waals surface area (Å²) in [5, 5.41) is 13.5. The van der Waals surface area contributed by atoms with E-state index in [0.717, 1.165) is 48.4 Å². The second-order valence-electron chi connectivity index (χ2n) is 6.62. The molecule has 3 aromatic rings. The second-order valence-corrected chi connectivity index (χ2v) is 6.62. The fourth-order valence-corrected chi connectivity index (χ4v) is 3.19. The van der Waals surface area contributed by atoms with Crippen LogP contribution < -0.4 is 4.74 Å². The van der Waals surface area contributed by atoms with Crippen molar-refractivity contribution in [1.82, 2.24) is 14.8 Å². The third-order valence-corrected chi connectivity index (χ3v) is 4.71. The molecule has 140 valence electrons. The number of aliphatic hydroxyl groups excluding tert-OH is 1. The zero-order valence-corrected chi connectivity index (χ0v) is 15.1. The highest BCUT2D eigenvalue weighted by atomic mass is 16.5. The summed E-state index contributed by atoms with van der Waals surface area (Å²) in [6.07, 6.45) is 6.75. The Labute approximate surface area is 158 Å². The standard InChI is InChI=1S/C21H23N3O3/c25-14-16-4-6-17(7-5-16)15-27-18-8-9-19(22-13-18)20-10-11-23-24(20)21-3-1-2-12-26-21/h4-11,13,21,25H,1-3,12,14-15H2. The summed E-state index contributed by atoms with van der Waals surface area (Å²) in [6.45, 7) is 1.29. The predicted molar refractivity (Wildman–Crippen MR) is 101 cm³/mol. The van der Waals surface area contributed by atoms with Gasteiger partial charge in [-0.2, -0.15) is 5.10 Å². The van der Waals surface area contributed by atoms with Gasteiger partial charge >= 0.3 is 0 Å². The van der Waals surface area contributed by atoms with Crippen LogP contribution in [0.2, 0.25) is 0 Å². The molecule has 6 heteroatoms. The van der Waals surface area contributed by atoms with E-state index in [0.29, 0.717) is 12.4 Å². The lowest BCUT2D eigenvalue weighted by molar-refractivity contribution is -0.0384. The Morgan fingerprint density at radius 1 is 1.07 bits per heavy atom. The van der Waals surface area contributed by atoms with Gasteiger partial charge in [0.2, 0.25) is 0 Å². The lowest BCUT2D eigenvalue weighted by atomic mass is 10.1. The Morgan fingerprint density at radius 2 is 1.93 bits per heavy atom. The van der Waals surface area contributed by atoms with Gasteiger partial charge in [0.15, 0.2) is 6.23 Å². The zero-order chi connectivity index (χ0) is 18.5. The van der Waals surface area contributed by atoms with Gasteiger partial charge in [-0.15, -0.1) is 0 Å². The molecule has 1 aliphatic rings. The molecule has 1 fully saturated rings. The molecule has 0 saturated carbocycles. The first-order valence-corrected chi connectivity index (χ1v) is 9.26. The van der Waals surface area contributed by atoms with Crippen LogP contribution in [-0.2, 0) is 18.0 Å². The number of aliphatic hydroxyl groups is 1. The number of nitrogens with zero attached hydrogens (tertiary/aromatic N) is 3. The second kappa shape index (κ2) is 8.33. The zero-order valence-electron chi connectivity index (χ0n) is 15.1. The van der Waals surface area contributed by atoms with Crippen molar-refractivity contribution in [3.05, 3.63) is 66.0 Å². The molecule has 0 bridgehead atoms. The van der Waals surface area contributed by atoms with E-state index in [1.165, 1.54) is 0 Å². The molecule has 0 aliphatic carbocycles. The van der Waals surface area contributed by atoms with Crippen molar-refractivity contribution in [3.8, 4) is 17.1 Å². The number of benzene rings is 1. The van der Waals surface area contributed by atoms with Gasteiger partial charge < -0.3 is 14.6 Å². The van der Waals surface area contributed by atoms with E-state index in [2.05, 4.69) is 10.1 Å². The van der Waals surface area contributed by atoms with Crippen LogP contribution in [0.15, 0.2) is 54.9 Å². The summed E-state index contributed by atoms with van der Waals surface area (Å²) in [6, 6.07) is 13.5. The van der Waals surface area contributed by atoms with Crippen LogP contribution in [-0.4, -0.2) is 26.5 Å². The summed E-state index contributed by atoms with van der Waals surface area (Å²) in [7, 11) is 0. The molecule has 4 rings (SSSR count). The van der Waals surface area contributed by atoms with Crippen LogP contribution >= 0.6 is 0 Å². The van der Waals surface area contributed by atoms with Crippen LogP contribution in [0.3, 0.4) is 0 Å². The van der Waals surface area contributed by atoms with Gasteiger partial charge in [-0.1, -0.05) is 24.3 Å². The Kier molecular flexibility index (Phi) is 5.46. The van der Waals surface area contributed by atoms with Gasteiger partial charge in [0.1, 0.15) is 12.4 Å². The Morgan fingerprint density at radius 3 is 2.63 bits per heavy atom. The SMILES string of the molecule is OCc1ccc(COc2ccc(-c3ccnn3C3CCCCO3)nc2)cc1. The van der Waals surface area contributed by atoms with Gasteiger partial charge in [0.25, 0.3) is 0 Å². The fraction of sp³-hybridized carbons (Fsp3) is 0.333. The van der Waals surface area contributed by atoms with Crippen molar-refractivity contribution in [2.45, 2.75) is 38.7 Å². The van der Waals surface area contributed by atoms with Gasteiger partial charge in [-0.3, -0.25) is 4.98 Å². The molecule has 2 aromatic heterocycles. The molecule has 1 N–H and O–H groups in total. The monoisotopic (exact) mass is 365 g/mol. The number of rotatable bonds is 6. The maximum Gasteiger partial charge on any atom is 0.150 e. The average molecular weight is 365 g/mol. The minimum absolute atomic E-state index is 0.0108. The Balaban J connectivity index is 1.42. The molecule has 6 nitrogen and oxygen atoms in total. The van der Waals surface area contributed by atoms with E-state index in [-0.39, 0.29) is 12.8 Å². The topological polar surface area (TPSA) is 69.4 Å². The van der Waals surface area contributed by atoms with Crippen molar-refractivity contribution in [1.29, 1.82) is 0 Å². The van der Waals surface area contributed by atoms with Crippen molar-refractivity contribution >= 4 is 0 Å². The lowest BCUT2D eigenvalue weighted by Gasteiger charge is -2.24. The average Bonchev–Trinajstić information content (AvgIpc) is 3.23. The Hall–Kier alpha value is -2.70. The van der Waals surface area contributed by atoms with Gasteiger partial charge in [-0.05, 0) is 48.6 Å². The van der Waals surface area contributed by atoms with E-state index in [9.17, 15) is 0 Å². The minimum atomic E-state index is -0.0108. The molecule has 0 radical (unpaired) electrons. The first kappa shape index (κ1) is 17.7. The molecule has 1 atom stereocenters. The highest BCUT2D eigenvalue weighted by Gasteiger charge is 2.19. The fourth-order valence-electron chi connectivity index (χ4n) is 3.19. The van der Waals surface area contributed by atoms with Gasteiger partial charge in [-0.25, -0.2) is 4.68 Å². The Bertz CT molecular complexity index is 853. The van der Waals surface area contributed by atoms with Crippen LogP contribution in [0.1, 0.15) is 36.6 Å². The number of hydrogen-bond donors (Lipinski definition) is 1. The predicted octanol–water partition coefficient (Wildman–Crippen LogP) is 3.72. The van der Waals surface area contributed by atoms with Crippen LogP contribution in [0.25, 0.3) is 11.4 Å². The maximum atomic E-state index is 9.09. The van der Waals surface area contributed by atoms with E-state index in [4.69, 9.17) is 14.6 Å². The smallest absolute Gasteiger partial charge is 0.150 e. The third kappa shape index (κ3) is 4.18. The molecular weight excluding hydrogens is 342 g/mol. The van der Waals surface area contributed by atoms with E-state index >= 15 is 0 Å². The van der Waals surface area contributed by atoms with Gasteiger partial charge in [0, 0.05) is 12.8 Å². The largest absolute Gasteiger partial charge is 0.487 e. The molecule has 1 aromatic carbocycles. The molecular formula is C21H23N3O3. The molecule has 0 spiro atoms. The molecule has 1 saturated heterocycles. The first-order valence-electron chi connectivity index (χ1n) is 9.26. The molecule has 1 aliphatic heterocycles. The summed E-state index contributed by atoms with van der Waals surface area (Å²) >= 11 is 0. The van der Waals surface area contributed by atoms with E-state index < -0.39 is 0 Å². The molecule has 3 heterocycles. The molecule has 1 unspecified atom stereocenters. The molecule has 0 amide bonds. The quantitative estimate of drug-likeness (QED) is 0.721. The lowest BCUT2D eigenvalue weighted by Crippen LogP contribution is -2.20. The first-order chi connectivity index (χ1) is 13.3. The van der Waals surface area contributed by atoms with Crippen LogP contribution in [0.4, 0.5) is 0 Å². The summed E-state index contributed by atoms with van der Waals surface area (Å²) in [5.41, 5.74) is 3.74. The number of pyridine rings is 1. The summed E-state index contributed by atoms with van der Waals surface area (Å²) < 4.78 is 13.6. The van der Waals surface area contributed by atoms with Crippen LogP contribution in [0.5, 0.6) is 5.75 Å². The normalized spacial score (nSPS) is 17.0. The number of aromatic nitrogens is 3. The van der Waals surface area contributed by atoms with Crippen molar-refractivity contribution in [2.75, 3.05) is 6.61 Å². The maximum absolute atomic E-state index is 9.09. The third-order valence-electron chi connectivity index (χ3n) is 4.71. The minimum Gasteiger partial charge on any atom is -0.487 e. The number of ether oxygens (including phenoxy) is 2. The summed E-state index contributed by atoms with van der Waals surface area (Å²) in [5.74, 6) is 0.713. The van der Waals surface area contributed by atoms with Gasteiger partial charge in [0.05, 0.1) is 24.2 Å². The molecule has 27 heavy (non-hydrogen) atoms. The van der Waals surface area contributed by atoms with E-state index in [1.807, 2.05) is 47.1 Å². The van der Waals surface area contributed by atoms with Crippen molar-refractivity contribution in [2.24, 2.45) is 0 Å². The summed E-state index contributed by atoms with van der Waals surface area (Å²) in [4.78, 5) is 4.54. The number of hydrogen-bond acceptors (Lipinski definition) is 5. The van der Waals surface area contributed by atoms with Crippen LogP contribution in [0, 0.1) is 0 Å². The van der Waals surface area contributed by atoms with Crippen molar-refractivity contribution < 1.29 is 14.6 Å². The van der Waals surface area contributed by atoms with E-state index in [1.54, 1.807) is 12.4 Å². The highest BCUT2D eigenvalue weighted by Crippen LogP contribution is 2.28.